The van der Waals surface area contributed by atoms with Gasteiger partial charge in [-0.2, -0.15) is 0 Å². The lowest BCUT2D eigenvalue weighted by molar-refractivity contribution is -0.120. The molecule has 1 aliphatic carbocycles. The van der Waals surface area contributed by atoms with Crippen molar-refractivity contribution < 1.29 is 24.2 Å². The van der Waals surface area contributed by atoms with Crippen molar-refractivity contribution in [2.75, 3.05) is 23.0 Å². The third-order valence-electron chi connectivity index (χ3n) is 7.57. The average Bonchev–Trinajstić information content (AvgIpc) is 3.13. The Kier molecular flexibility index (Phi) is 4.54. The smallest absolute Gasteiger partial charge is 0.414 e. The van der Waals surface area contributed by atoms with Crippen molar-refractivity contribution in [3.63, 3.8) is 0 Å². The molecule has 2 unspecified atom stereocenters. The van der Waals surface area contributed by atoms with Crippen molar-refractivity contribution in [3.05, 3.63) is 88.4 Å². The number of para-hydroxylation sites is 1. The molecular formula is C27H21ClN2O5. The highest BCUT2D eigenvalue weighted by molar-refractivity contribution is 6.30. The van der Waals surface area contributed by atoms with E-state index in [0.29, 0.717) is 35.1 Å². The first-order valence-corrected chi connectivity index (χ1v) is 11.7. The minimum absolute atomic E-state index is 0.0142. The number of cyclic esters (lactones) is 1. The van der Waals surface area contributed by atoms with Crippen LogP contribution in [0.25, 0.3) is 0 Å². The van der Waals surface area contributed by atoms with E-state index in [-0.39, 0.29) is 18.1 Å². The second kappa shape index (κ2) is 7.33. The summed E-state index contributed by atoms with van der Waals surface area (Å²) < 4.78 is 5.04. The van der Waals surface area contributed by atoms with Crippen LogP contribution in [0.3, 0.4) is 0 Å². The summed E-state index contributed by atoms with van der Waals surface area (Å²) >= 11 is 6.11. The molecule has 2 atom stereocenters. The van der Waals surface area contributed by atoms with Crippen LogP contribution >= 0.6 is 11.6 Å². The van der Waals surface area contributed by atoms with E-state index in [1.807, 2.05) is 48.5 Å². The molecule has 176 valence electrons. The second-order valence-electron chi connectivity index (χ2n) is 9.39. The zero-order chi connectivity index (χ0) is 24.5. The number of ether oxygens (including phenoxy) is 1. The fourth-order valence-electron chi connectivity index (χ4n) is 5.69. The van der Waals surface area contributed by atoms with E-state index in [1.165, 1.54) is 17.0 Å². The predicted octanol–water partition coefficient (Wildman–Crippen LogP) is 5.27. The summed E-state index contributed by atoms with van der Waals surface area (Å²) in [7, 11) is 0. The Morgan fingerprint density at radius 3 is 2.43 bits per heavy atom. The number of carboxylic acid groups (broad SMARTS) is 1. The molecule has 1 saturated carbocycles. The molecule has 1 N–H and O–H groups in total. The molecular weight excluding hydrogens is 468 g/mol. The standard InChI is InChI=1S/C27H21ClN2O5/c1-26(17-6-8-18(28)9-7-17)15-27(26)21-4-2-3-5-22(21)30(24(27)33)20-13-16(23(31)32)12-19(14-20)29-10-11-35-25(29)34/h2-9,12-14H,10-11,15H2,1H3,(H,31,32). The molecule has 0 bridgehead atoms. The Labute approximate surface area is 206 Å². The van der Waals surface area contributed by atoms with Gasteiger partial charge in [0.05, 0.1) is 34.6 Å². The number of carboxylic acids is 1. The van der Waals surface area contributed by atoms with Gasteiger partial charge in [-0.1, -0.05) is 48.9 Å². The molecule has 1 spiro atoms. The zero-order valence-electron chi connectivity index (χ0n) is 18.8. The molecule has 0 aromatic heterocycles. The van der Waals surface area contributed by atoms with Gasteiger partial charge in [0.25, 0.3) is 0 Å². The molecule has 1 saturated heterocycles. The SMILES string of the molecule is CC1(c2ccc(Cl)cc2)CC12C(=O)N(c1cc(C(=O)O)cc(N3CCOC3=O)c1)c1ccccc12. The lowest BCUT2D eigenvalue weighted by Crippen LogP contribution is -2.33. The number of aromatic carboxylic acids is 1. The van der Waals surface area contributed by atoms with E-state index >= 15 is 0 Å². The summed E-state index contributed by atoms with van der Waals surface area (Å²) in [5.74, 6) is -1.26. The highest BCUT2D eigenvalue weighted by Gasteiger charge is 2.74. The van der Waals surface area contributed by atoms with Gasteiger partial charge in [-0.3, -0.25) is 14.6 Å². The van der Waals surface area contributed by atoms with E-state index in [4.69, 9.17) is 16.3 Å². The number of rotatable bonds is 4. The number of hydrogen-bond donors (Lipinski definition) is 1. The summed E-state index contributed by atoms with van der Waals surface area (Å²) in [6.45, 7) is 2.61. The summed E-state index contributed by atoms with van der Waals surface area (Å²) in [6, 6.07) is 19.8. The highest BCUT2D eigenvalue weighted by atomic mass is 35.5. The number of carbonyl (C=O) groups excluding carboxylic acids is 2. The molecule has 7 nitrogen and oxygen atoms in total. The van der Waals surface area contributed by atoms with Crippen molar-refractivity contribution in [1.29, 1.82) is 0 Å². The molecule has 8 heteroatoms. The van der Waals surface area contributed by atoms with Gasteiger partial charge < -0.3 is 9.84 Å². The minimum Gasteiger partial charge on any atom is -0.478 e. The quantitative estimate of drug-likeness (QED) is 0.540. The zero-order valence-corrected chi connectivity index (χ0v) is 19.6. The third kappa shape index (κ3) is 2.94. The number of fused-ring (bicyclic) bond motifs is 2. The lowest BCUT2D eigenvalue weighted by Gasteiger charge is -2.23. The molecule has 3 aromatic carbocycles. The number of nitrogens with zero attached hydrogens (tertiary/aromatic N) is 2. The van der Waals surface area contributed by atoms with E-state index in [1.54, 1.807) is 11.0 Å². The first kappa shape index (κ1) is 21.7. The molecule has 2 amide bonds. The van der Waals surface area contributed by atoms with E-state index in [2.05, 4.69) is 6.92 Å². The summed E-state index contributed by atoms with van der Waals surface area (Å²) in [4.78, 5) is 41.3. The first-order chi connectivity index (χ1) is 16.8. The summed E-state index contributed by atoms with van der Waals surface area (Å²) in [5, 5.41) is 10.4. The Balaban J connectivity index is 1.50. The molecule has 2 aliphatic heterocycles. The van der Waals surface area contributed by atoms with Crippen LogP contribution in [0.5, 0.6) is 0 Å². The number of amides is 2. The number of anilines is 3. The summed E-state index contributed by atoms with van der Waals surface area (Å²) in [6.07, 6.45) is 0.0818. The maximum atomic E-state index is 14.2. The monoisotopic (exact) mass is 488 g/mol. The van der Waals surface area contributed by atoms with Crippen LogP contribution in [0.2, 0.25) is 5.02 Å². The predicted molar refractivity (Wildman–Crippen MR) is 131 cm³/mol. The van der Waals surface area contributed by atoms with Gasteiger partial charge in [0.2, 0.25) is 5.91 Å². The second-order valence-corrected chi connectivity index (χ2v) is 9.82. The third-order valence-corrected chi connectivity index (χ3v) is 7.82. The Hall–Kier alpha value is -3.84. The van der Waals surface area contributed by atoms with Crippen LogP contribution in [0.1, 0.15) is 34.8 Å². The van der Waals surface area contributed by atoms with Gasteiger partial charge >= 0.3 is 12.1 Å². The summed E-state index contributed by atoms with van der Waals surface area (Å²) in [5.41, 5.74) is 2.20. The molecule has 2 fully saturated rings. The normalized spacial score (nSPS) is 24.6. The maximum absolute atomic E-state index is 14.2. The largest absolute Gasteiger partial charge is 0.478 e. The van der Waals surface area contributed by atoms with Gasteiger partial charge in [0.1, 0.15) is 6.61 Å². The van der Waals surface area contributed by atoms with Gasteiger partial charge in [-0.15, -0.1) is 0 Å². The highest BCUT2D eigenvalue weighted by Crippen LogP contribution is 2.71. The van der Waals surface area contributed by atoms with Crippen molar-refractivity contribution in [2.24, 2.45) is 0 Å². The molecule has 3 aromatic rings. The van der Waals surface area contributed by atoms with Gasteiger partial charge in [0, 0.05) is 10.4 Å². The fraction of sp³-hybridized carbons (Fsp3) is 0.222. The van der Waals surface area contributed by atoms with Crippen molar-refractivity contribution in [1.82, 2.24) is 0 Å². The van der Waals surface area contributed by atoms with Crippen molar-refractivity contribution in [2.45, 2.75) is 24.2 Å². The Bertz CT molecular complexity index is 1420. The molecule has 3 aliphatic rings. The number of hydrogen-bond acceptors (Lipinski definition) is 4. The van der Waals surface area contributed by atoms with Crippen LogP contribution in [0.4, 0.5) is 21.9 Å². The Morgan fingerprint density at radius 1 is 1.03 bits per heavy atom. The van der Waals surface area contributed by atoms with E-state index in [9.17, 15) is 19.5 Å². The fourth-order valence-corrected chi connectivity index (χ4v) is 5.82. The average molecular weight is 489 g/mol. The van der Waals surface area contributed by atoms with Crippen LogP contribution in [0, 0.1) is 0 Å². The van der Waals surface area contributed by atoms with Crippen LogP contribution < -0.4 is 9.80 Å². The topological polar surface area (TPSA) is 87.2 Å². The van der Waals surface area contributed by atoms with Crippen molar-refractivity contribution >= 4 is 46.6 Å². The van der Waals surface area contributed by atoms with E-state index < -0.39 is 22.9 Å². The number of benzene rings is 3. The molecule has 2 heterocycles. The number of halogens is 1. The van der Waals surface area contributed by atoms with Gasteiger partial charge in [-0.05, 0) is 53.9 Å². The molecule has 35 heavy (non-hydrogen) atoms. The van der Waals surface area contributed by atoms with Gasteiger partial charge in [0.15, 0.2) is 0 Å². The van der Waals surface area contributed by atoms with E-state index in [0.717, 1.165) is 11.1 Å². The van der Waals surface area contributed by atoms with Crippen molar-refractivity contribution in [3.8, 4) is 0 Å². The lowest BCUT2D eigenvalue weighted by atomic mass is 9.83. The first-order valence-electron chi connectivity index (χ1n) is 11.3. The van der Waals surface area contributed by atoms with Crippen LogP contribution in [0.15, 0.2) is 66.7 Å². The maximum Gasteiger partial charge on any atom is 0.414 e. The molecule has 6 rings (SSSR count). The molecule has 0 radical (unpaired) electrons. The Morgan fingerprint density at radius 2 is 1.74 bits per heavy atom. The minimum atomic E-state index is -1.15. The number of carbonyl (C=O) groups is 3. The van der Waals surface area contributed by atoms with Crippen LogP contribution in [-0.2, 0) is 20.4 Å². The van der Waals surface area contributed by atoms with Gasteiger partial charge in [-0.25, -0.2) is 9.59 Å². The van der Waals surface area contributed by atoms with Crippen LogP contribution in [-0.4, -0.2) is 36.2 Å².